The highest BCUT2D eigenvalue weighted by Gasteiger charge is 2.23. The minimum Gasteiger partial charge on any atom is -0.320 e. The van der Waals surface area contributed by atoms with Crippen LogP contribution in [-0.2, 0) is 0 Å². The quantitative estimate of drug-likeness (QED) is 0.665. The molecule has 0 bridgehead atoms. The van der Waals surface area contributed by atoms with Crippen LogP contribution in [0.3, 0.4) is 0 Å². The molecular weight excluding hydrogens is 278 g/mol. The molecule has 0 radical (unpaired) electrons. The van der Waals surface area contributed by atoms with Gasteiger partial charge in [-0.2, -0.15) is 0 Å². The molecule has 0 spiro atoms. The van der Waals surface area contributed by atoms with Gasteiger partial charge in [0.05, 0.1) is 5.69 Å². The zero-order valence-corrected chi connectivity index (χ0v) is 14.0. The molecule has 2 N–H and O–H groups in total. The lowest BCUT2D eigenvalue weighted by atomic mass is 9.99. The van der Waals surface area contributed by atoms with Gasteiger partial charge in [-0.15, -0.1) is 0 Å². The van der Waals surface area contributed by atoms with Crippen molar-refractivity contribution < 1.29 is 0 Å². The van der Waals surface area contributed by atoms with Crippen LogP contribution in [-0.4, -0.2) is 22.1 Å². The first-order chi connectivity index (χ1) is 10.5. The summed E-state index contributed by atoms with van der Waals surface area (Å²) in [5, 5.41) is 3.36. The minimum absolute atomic E-state index is 0.0595. The summed E-state index contributed by atoms with van der Waals surface area (Å²) in [5.41, 5.74) is 0.440. The van der Waals surface area contributed by atoms with Crippen molar-refractivity contribution in [2.24, 2.45) is 0 Å². The van der Waals surface area contributed by atoms with Gasteiger partial charge in [0.2, 0.25) is 0 Å². The average Bonchev–Trinajstić information content (AvgIpc) is 2.51. The highest BCUT2D eigenvalue weighted by Crippen LogP contribution is 2.22. The van der Waals surface area contributed by atoms with Crippen LogP contribution in [0.2, 0.25) is 0 Å². The number of aromatic nitrogens is 2. The number of hydrogen-bond donors (Lipinski definition) is 2. The fraction of sp³-hybridized carbons (Fsp3) is 0.529. The van der Waals surface area contributed by atoms with Gasteiger partial charge in [0.15, 0.2) is 0 Å². The first-order valence-electron chi connectivity index (χ1n) is 7.92. The zero-order valence-electron chi connectivity index (χ0n) is 14.0. The minimum atomic E-state index is -0.551. The van der Waals surface area contributed by atoms with E-state index in [0.29, 0.717) is 11.7 Å². The van der Waals surface area contributed by atoms with Crippen molar-refractivity contribution in [2.45, 2.75) is 52.6 Å². The third kappa shape index (κ3) is 4.07. The van der Waals surface area contributed by atoms with E-state index < -0.39 is 11.1 Å². The van der Waals surface area contributed by atoms with Crippen molar-refractivity contribution in [3.63, 3.8) is 0 Å². The Morgan fingerprint density at radius 1 is 1.32 bits per heavy atom. The predicted octanol–water partition coefficient (Wildman–Crippen LogP) is 2.38. The van der Waals surface area contributed by atoms with Gasteiger partial charge in [-0.3, -0.25) is 14.2 Å². The van der Waals surface area contributed by atoms with E-state index in [2.05, 4.69) is 23.8 Å². The number of nitrogens with zero attached hydrogens (tertiary/aromatic N) is 1. The van der Waals surface area contributed by atoms with Crippen LogP contribution in [0.1, 0.15) is 51.0 Å². The molecule has 0 aliphatic carbocycles. The number of piperidine rings is 1. The van der Waals surface area contributed by atoms with Crippen LogP contribution in [0.25, 0.3) is 6.08 Å². The molecule has 1 saturated heterocycles. The number of hydrogen-bond acceptors (Lipinski definition) is 3. The smallest absolute Gasteiger partial charge is 0.316 e. The Labute approximate surface area is 131 Å². The Morgan fingerprint density at radius 2 is 2.00 bits per heavy atom. The van der Waals surface area contributed by atoms with Crippen molar-refractivity contribution in [3.05, 3.63) is 50.8 Å². The fourth-order valence-electron chi connectivity index (χ4n) is 2.75. The zero-order chi connectivity index (χ0) is 16.7. The molecule has 5 nitrogen and oxygen atoms in total. The van der Waals surface area contributed by atoms with E-state index in [0.717, 1.165) is 25.1 Å². The third-order valence-electron chi connectivity index (χ3n) is 3.71. The van der Waals surface area contributed by atoms with E-state index in [1.807, 2.05) is 26.8 Å². The highest BCUT2D eigenvalue weighted by molar-refractivity contribution is 5.49. The number of rotatable bonds is 3. The van der Waals surface area contributed by atoms with E-state index in [-0.39, 0.29) is 6.04 Å². The summed E-state index contributed by atoms with van der Waals surface area (Å²) in [6.07, 6.45) is 6.96. The number of allylic oxidation sites excluding steroid dienone is 2. The summed E-state index contributed by atoms with van der Waals surface area (Å²) in [5.74, 6) is 0. The molecular formula is C17H27N3O2. The second-order valence-corrected chi connectivity index (χ2v) is 5.27. The molecule has 1 aliphatic heterocycles. The van der Waals surface area contributed by atoms with Gasteiger partial charge in [-0.05, 0) is 39.3 Å². The number of aromatic amines is 1. The molecule has 0 saturated carbocycles. The van der Waals surface area contributed by atoms with Crippen LogP contribution in [0.15, 0.2) is 28.3 Å². The van der Waals surface area contributed by atoms with Crippen molar-refractivity contribution in [3.8, 4) is 0 Å². The molecule has 22 heavy (non-hydrogen) atoms. The maximum absolute atomic E-state index is 12.2. The lowest BCUT2D eigenvalue weighted by Crippen LogP contribution is -2.45. The van der Waals surface area contributed by atoms with E-state index in [1.54, 1.807) is 16.7 Å². The van der Waals surface area contributed by atoms with Crippen molar-refractivity contribution in [1.82, 2.24) is 14.9 Å². The lowest BCUT2D eigenvalue weighted by molar-refractivity contribution is 0.305. The van der Waals surface area contributed by atoms with Gasteiger partial charge in [-0.1, -0.05) is 32.6 Å². The summed E-state index contributed by atoms with van der Waals surface area (Å²) in [4.78, 5) is 26.6. The lowest BCUT2D eigenvalue weighted by Gasteiger charge is -2.30. The van der Waals surface area contributed by atoms with Crippen LogP contribution < -0.4 is 16.4 Å². The van der Waals surface area contributed by atoms with Crippen molar-refractivity contribution >= 4 is 6.08 Å². The summed E-state index contributed by atoms with van der Waals surface area (Å²) >= 11 is 0. The number of aryl methyl sites for hydroxylation is 1. The third-order valence-corrected chi connectivity index (χ3v) is 3.71. The largest absolute Gasteiger partial charge is 0.320 e. The van der Waals surface area contributed by atoms with E-state index in [9.17, 15) is 9.59 Å². The molecule has 0 aromatic carbocycles. The molecule has 2 rings (SSSR count). The van der Waals surface area contributed by atoms with Gasteiger partial charge < -0.3 is 10.3 Å². The summed E-state index contributed by atoms with van der Waals surface area (Å²) in [7, 11) is 0. The molecule has 1 aromatic heterocycles. The highest BCUT2D eigenvalue weighted by atomic mass is 16.2. The number of nitrogens with one attached hydrogen (secondary N) is 2. The Kier molecular flexibility index (Phi) is 7.05. The summed E-state index contributed by atoms with van der Waals surface area (Å²) in [6.45, 7) is 12.4. The SMILES string of the molecule is C=C/C=C\c1c(C)[nH]c(=O)c(=O)n1C1CCNC(C)C1.CC. The Hall–Kier alpha value is -1.88. The van der Waals surface area contributed by atoms with Crippen molar-refractivity contribution in [1.29, 1.82) is 0 Å². The van der Waals surface area contributed by atoms with Crippen LogP contribution >= 0.6 is 0 Å². The molecule has 122 valence electrons. The normalized spacial score (nSPS) is 21.3. The maximum atomic E-state index is 12.2. The van der Waals surface area contributed by atoms with Gasteiger partial charge in [-0.25, -0.2) is 0 Å². The van der Waals surface area contributed by atoms with Gasteiger partial charge >= 0.3 is 11.1 Å². The van der Waals surface area contributed by atoms with Crippen LogP contribution in [0.4, 0.5) is 0 Å². The van der Waals surface area contributed by atoms with E-state index in [1.165, 1.54) is 0 Å². The van der Waals surface area contributed by atoms with Gasteiger partial charge in [0.25, 0.3) is 0 Å². The molecule has 2 heterocycles. The first kappa shape index (κ1) is 18.2. The molecule has 1 aromatic rings. The molecule has 5 heteroatoms. The average molecular weight is 305 g/mol. The second-order valence-electron chi connectivity index (χ2n) is 5.27. The Balaban J connectivity index is 0.00000116. The van der Waals surface area contributed by atoms with E-state index >= 15 is 0 Å². The summed E-state index contributed by atoms with van der Waals surface area (Å²) in [6, 6.07) is 0.403. The maximum Gasteiger partial charge on any atom is 0.316 e. The van der Waals surface area contributed by atoms with Gasteiger partial charge in [0, 0.05) is 17.8 Å². The standard InChI is InChI=1S/C15H21N3O2.C2H6/c1-4-5-6-13-11(3)17-14(19)15(20)18(13)12-7-8-16-10(2)9-12;1-2/h4-6,10,12,16H,1,7-9H2,2-3H3,(H,17,19);1-2H3/b6-5-;. The first-order valence-corrected chi connectivity index (χ1v) is 7.92. The Morgan fingerprint density at radius 3 is 2.59 bits per heavy atom. The number of H-pyrrole nitrogens is 1. The van der Waals surface area contributed by atoms with Gasteiger partial charge in [0.1, 0.15) is 0 Å². The second kappa shape index (κ2) is 8.54. The monoisotopic (exact) mass is 305 g/mol. The molecule has 2 unspecified atom stereocenters. The van der Waals surface area contributed by atoms with E-state index in [4.69, 9.17) is 0 Å². The Bertz CT molecular complexity index is 640. The fourth-order valence-corrected chi connectivity index (χ4v) is 2.75. The van der Waals surface area contributed by atoms with Crippen LogP contribution in [0.5, 0.6) is 0 Å². The molecule has 0 amide bonds. The predicted molar refractivity (Wildman–Crippen MR) is 92.4 cm³/mol. The van der Waals surface area contributed by atoms with Crippen molar-refractivity contribution in [2.75, 3.05) is 6.54 Å². The topological polar surface area (TPSA) is 66.9 Å². The molecule has 1 fully saturated rings. The molecule has 1 aliphatic rings. The molecule has 2 atom stereocenters. The van der Waals surface area contributed by atoms with Crippen LogP contribution in [0, 0.1) is 6.92 Å². The summed E-state index contributed by atoms with van der Waals surface area (Å²) < 4.78 is 1.64.